The van der Waals surface area contributed by atoms with Gasteiger partial charge in [-0.2, -0.15) is 13.2 Å². The summed E-state index contributed by atoms with van der Waals surface area (Å²) in [6.07, 6.45) is -0.502. The van der Waals surface area contributed by atoms with Crippen LogP contribution in [0.25, 0.3) is 0 Å². The van der Waals surface area contributed by atoms with Crippen LogP contribution in [0.3, 0.4) is 0 Å². The summed E-state index contributed by atoms with van der Waals surface area (Å²) in [6.45, 7) is 3.56. The van der Waals surface area contributed by atoms with E-state index >= 15 is 0 Å². The zero-order chi connectivity index (χ0) is 29.5. The minimum atomic E-state index is -4.69. The van der Waals surface area contributed by atoms with Crippen molar-refractivity contribution in [1.29, 1.82) is 0 Å². The SMILES string of the molecule is COc1ccc(C(=O)N(C)C2CN(C(=O)C3CCN(CC4CC4)CC3)C[C@@H]2c2ccc(Cl)c(Cl)c2)cc1C(F)(F)F. The van der Waals surface area contributed by atoms with Crippen LogP contribution in [0.15, 0.2) is 36.4 Å². The number of hydrogen-bond donors (Lipinski definition) is 0. The van der Waals surface area contributed by atoms with E-state index in [1.165, 1.54) is 23.8 Å². The van der Waals surface area contributed by atoms with E-state index in [9.17, 15) is 22.8 Å². The molecule has 1 saturated carbocycles. The summed E-state index contributed by atoms with van der Waals surface area (Å²) in [5.41, 5.74) is -0.317. The molecule has 11 heteroatoms. The Morgan fingerprint density at radius 2 is 1.71 bits per heavy atom. The molecule has 2 amide bonds. The highest BCUT2D eigenvalue weighted by atomic mass is 35.5. The number of piperidine rings is 1. The molecule has 1 aliphatic carbocycles. The average Bonchev–Trinajstić information content (AvgIpc) is 3.66. The van der Waals surface area contributed by atoms with Gasteiger partial charge in [-0.3, -0.25) is 9.59 Å². The molecule has 0 N–H and O–H groups in total. The van der Waals surface area contributed by atoms with E-state index in [0.717, 1.165) is 63.2 Å². The third-order valence-corrected chi connectivity index (χ3v) is 9.43. The number of likely N-dealkylation sites (tertiary alicyclic amines) is 2. The Balaban J connectivity index is 1.37. The standard InChI is InChI=1S/C30H34Cl2F3N3O3/c1-36(28(39)21-6-8-27(41-2)23(13-21)30(33,34)35)26-17-38(16-22(26)20-5-7-24(31)25(32)14-20)29(40)19-9-11-37(12-10-19)15-18-3-4-18/h5-8,13-14,18-19,22,26H,3-4,9-12,15-17H2,1-2H3/t22-,26?/m1/s1. The molecule has 2 saturated heterocycles. The number of carbonyl (C=O) groups is 2. The van der Waals surface area contributed by atoms with Crippen LogP contribution in [0.2, 0.25) is 10.0 Å². The van der Waals surface area contributed by atoms with E-state index in [4.69, 9.17) is 27.9 Å². The molecule has 3 fully saturated rings. The van der Waals surface area contributed by atoms with Crippen molar-refractivity contribution < 1.29 is 27.5 Å². The second kappa shape index (κ2) is 12.0. The maximum Gasteiger partial charge on any atom is 0.419 e. The first-order chi connectivity index (χ1) is 19.5. The molecule has 2 heterocycles. The van der Waals surface area contributed by atoms with Gasteiger partial charge in [-0.1, -0.05) is 29.3 Å². The van der Waals surface area contributed by atoms with Gasteiger partial charge >= 0.3 is 6.18 Å². The van der Waals surface area contributed by atoms with Gasteiger partial charge in [0.05, 0.1) is 28.8 Å². The molecule has 6 nitrogen and oxygen atoms in total. The van der Waals surface area contributed by atoms with Crippen LogP contribution in [0, 0.1) is 11.8 Å². The number of benzene rings is 2. The smallest absolute Gasteiger partial charge is 0.419 e. The molecule has 0 aromatic heterocycles. The predicted octanol–water partition coefficient (Wildman–Crippen LogP) is 6.21. The van der Waals surface area contributed by atoms with Gasteiger partial charge in [-0.25, -0.2) is 0 Å². The van der Waals surface area contributed by atoms with Crippen LogP contribution < -0.4 is 4.74 Å². The molecule has 2 atom stereocenters. The van der Waals surface area contributed by atoms with Crippen molar-refractivity contribution in [2.24, 2.45) is 11.8 Å². The Bertz CT molecular complexity index is 1300. The highest BCUT2D eigenvalue weighted by Crippen LogP contribution is 2.39. The van der Waals surface area contributed by atoms with E-state index in [2.05, 4.69) is 4.90 Å². The Labute approximate surface area is 248 Å². The Hall–Kier alpha value is -2.49. The van der Waals surface area contributed by atoms with Gasteiger partial charge in [0.15, 0.2) is 0 Å². The van der Waals surface area contributed by atoms with E-state index in [0.29, 0.717) is 16.6 Å². The molecule has 3 aliphatic rings. The van der Waals surface area contributed by atoms with Gasteiger partial charge in [-0.05, 0) is 80.6 Å². The lowest BCUT2D eigenvalue weighted by Crippen LogP contribution is -2.44. The predicted molar refractivity (Wildman–Crippen MR) is 152 cm³/mol. The molecular formula is C30H34Cl2F3N3O3. The third-order valence-electron chi connectivity index (χ3n) is 8.69. The number of nitrogens with zero attached hydrogens (tertiary/aromatic N) is 3. The first-order valence-corrected chi connectivity index (χ1v) is 14.7. The summed E-state index contributed by atoms with van der Waals surface area (Å²) in [4.78, 5) is 33.0. The number of alkyl halides is 3. The van der Waals surface area contributed by atoms with Crippen LogP contribution in [0.4, 0.5) is 13.2 Å². The molecule has 0 radical (unpaired) electrons. The molecule has 222 valence electrons. The number of likely N-dealkylation sites (N-methyl/N-ethyl adjacent to an activating group) is 1. The number of halogens is 5. The molecule has 0 spiro atoms. The summed E-state index contributed by atoms with van der Waals surface area (Å²) < 4.78 is 45.9. The highest BCUT2D eigenvalue weighted by Gasteiger charge is 2.43. The van der Waals surface area contributed by atoms with Crippen molar-refractivity contribution in [2.45, 2.75) is 43.8 Å². The second-order valence-corrected chi connectivity index (χ2v) is 12.3. The number of rotatable bonds is 7. The van der Waals surface area contributed by atoms with E-state index in [1.807, 2.05) is 6.07 Å². The number of amides is 2. The molecule has 2 aromatic rings. The second-order valence-electron chi connectivity index (χ2n) is 11.4. The third kappa shape index (κ3) is 6.62. The van der Waals surface area contributed by atoms with Crippen molar-refractivity contribution in [2.75, 3.05) is 46.9 Å². The minimum absolute atomic E-state index is 0.0632. The molecule has 1 unspecified atom stereocenters. The molecular weight excluding hydrogens is 578 g/mol. The van der Waals surface area contributed by atoms with E-state index < -0.39 is 23.7 Å². The van der Waals surface area contributed by atoms with Crippen molar-refractivity contribution in [3.63, 3.8) is 0 Å². The fourth-order valence-corrected chi connectivity index (χ4v) is 6.44. The molecule has 41 heavy (non-hydrogen) atoms. The van der Waals surface area contributed by atoms with Gasteiger partial charge in [0.2, 0.25) is 5.91 Å². The monoisotopic (exact) mass is 611 g/mol. The lowest BCUT2D eigenvalue weighted by molar-refractivity contribution is -0.139. The maximum absolute atomic E-state index is 13.7. The molecule has 2 aromatic carbocycles. The number of hydrogen-bond acceptors (Lipinski definition) is 4. The highest BCUT2D eigenvalue weighted by molar-refractivity contribution is 6.42. The van der Waals surface area contributed by atoms with Crippen molar-refractivity contribution in [3.05, 3.63) is 63.1 Å². The average molecular weight is 613 g/mol. The van der Waals surface area contributed by atoms with Crippen LogP contribution in [0.1, 0.15) is 53.1 Å². The summed E-state index contributed by atoms with van der Waals surface area (Å²) in [7, 11) is 2.72. The van der Waals surface area contributed by atoms with Gasteiger partial charge in [0, 0.05) is 44.1 Å². The molecule has 5 rings (SSSR count). The summed E-state index contributed by atoms with van der Waals surface area (Å²) in [5.74, 6) is -0.441. The topological polar surface area (TPSA) is 53.1 Å². The van der Waals surface area contributed by atoms with E-state index in [-0.39, 0.29) is 35.6 Å². The molecule has 2 aliphatic heterocycles. The number of carbonyl (C=O) groups excluding carboxylic acids is 2. The first kappa shape index (κ1) is 30.0. The van der Waals surface area contributed by atoms with Crippen molar-refractivity contribution in [1.82, 2.24) is 14.7 Å². The zero-order valence-corrected chi connectivity index (χ0v) is 24.6. The lowest BCUT2D eigenvalue weighted by Gasteiger charge is -2.33. The lowest BCUT2D eigenvalue weighted by atomic mass is 9.93. The largest absolute Gasteiger partial charge is 0.496 e. The van der Waals surface area contributed by atoms with Crippen LogP contribution in [-0.4, -0.2) is 79.4 Å². The molecule has 0 bridgehead atoms. The fourth-order valence-electron chi connectivity index (χ4n) is 6.13. The normalized spacial score (nSPS) is 22.2. The van der Waals surface area contributed by atoms with Gasteiger partial charge in [0.25, 0.3) is 5.91 Å². The van der Waals surface area contributed by atoms with Crippen LogP contribution >= 0.6 is 23.2 Å². The Morgan fingerprint density at radius 1 is 1.00 bits per heavy atom. The fraction of sp³-hybridized carbons (Fsp3) is 0.533. The van der Waals surface area contributed by atoms with Crippen molar-refractivity contribution in [3.8, 4) is 5.75 Å². The van der Waals surface area contributed by atoms with Gasteiger partial charge < -0.3 is 19.4 Å². The van der Waals surface area contributed by atoms with Crippen LogP contribution in [-0.2, 0) is 11.0 Å². The van der Waals surface area contributed by atoms with Crippen LogP contribution in [0.5, 0.6) is 5.75 Å². The zero-order valence-electron chi connectivity index (χ0n) is 23.1. The minimum Gasteiger partial charge on any atom is -0.496 e. The number of methoxy groups -OCH3 is 1. The Morgan fingerprint density at radius 3 is 2.32 bits per heavy atom. The quantitative estimate of drug-likeness (QED) is 0.373. The van der Waals surface area contributed by atoms with E-state index in [1.54, 1.807) is 24.1 Å². The van der Waals surface area contributed by atoms with Crippen molar-refractivity contribution >= 4 is 35.0 Å². The summed E-state index contributed by atoms with van der Waals surface area (Å²) in [5, 5.41) is 0.743. The summed E-state index contributed by atoms with van der Waals surface area (Å²) in [6, 6.07) is 8.06. The number of ether oxygens (including phenoxy) is 1. The van der Waals surface area contributed by atoms with Gasteiger partial charge in [0.1, 0.15) is 5.75 Å². The van der Waals surface area contributed by atoms with Gasteiger partial charge in [-0.15, -0.1) is 0 Å². The summed E-state index contributed by atoms with van der Waals surface area (Å²) >= 11 is 12.5. The maximum atomic E-state index is 13.7. The first-order valence-electron chi connectivity index (χ1n) is 13.9. The Kier molecular flexibility index (Phi) is 8.79.